The van der Waals surface area contributed by atoms with Crippen molar-refractivity contribution in [2.75, 3.05) is 0 Å². The van der Waals surface area contributed by atoms with Gasteiger partial charge in [0.05, 0.1) is 22.1 Å². The van der Waals surface area contributed by atoms with Crippen LogP contribution in [0.3, 0.4) is 0 Å². The molecule has 0 spiro atoms. The topological polar surface area (TPSA) is 292 Å². The second-order valence-electron chi connectivity index (χ2n) is 40.7. The number of benzene rings is 2. The van der Waals surface area contributed by atoms with Gasteiger partial charge in [-0.05, 0) is 237 Å². The van der Waals surface area contributed by atoms with Crippen molar-refractivity contribution in [2.45, 2.75) is 239 Å². The van der Waals surface area contributed by atoms with E-state index < -0.39 is 240 Å². The third-order valence-corrected chi connectivity index (χ3v) is 33.6. The second-order valence-corrected chi connectivity index (χ2v) is 40.7. The van der Waals surface area contributed by atoms with Gasteiger partial charge in [0.25, 0.3) is 0 Å². The third kappa shape index (κ3) is 17.4. The number of alkyl halides is 18. The normalized spacial score (nSPS) is 32.2. The van der Waals surface area contributed by atoms with Crippen LogP contribution >= 0.6 is 0 Å². The van der Waals surface area contributed by atoms with Crippen LogP contribution in [0.1, 0.15) is 202 Å². The summed E-state index contributed by atoms with van der Waals surface area (Å²) in [5, 5.41) is 72.4. The number of carbonyl (C=O) groups is 6. The standard InChI is InChI=1S/6C12H15F3O2.2C12H8N2.2Eu/c6*1-10(2)6-4-5-11(10,3)8(16)7(6)9(17)12(13,14)15;2*1-3-9-5-6-10-4-2-8-14-12(10)11(9)13-7-1;;/h6*6,17H,4-5H2,1-3H3;2*1-8H;;/q;;;;;;;;2*+3/p-6/b6*9-7-;;;;/t6*6-,11+;;;;/m111111..../s1. The third-order valence-electron chi connectivity index (χ3n) is 33.6. The molecule has 12 bridgehead atoms. The molecular weight excluding hydrogens is 2050 g/mol. The molecule has 16 nitrogen and oxygen atoms in total. The largest absolute Gasteiger partial charge is 3.00 e. The fourth-order valence-corrected chi connectivity index (χ4v) is 23.0. The van der Waals surface area contributed by atoms with E-state index in [1.165, 1.54) is 0 Å². The number of nitrogens with zero attached hydrogens (tertiary/aromatic N) is 4. The summed E-state index contributed by atoms with van der Waals surface area (Å²) in [4.78, 5) is 89.6. The Hall–Kier alpha value is -6.75. The van der Waals surface area contributed by atoms with Crippen LogP contribution in [0, 0.1) is 199 Å². The molecule has 12 aliphatic rings. The Labute approximate surface area is 832 Å². The first-order chi connectivity index (χ1) is 59.1. The molecule has 132 heavy (non-hydrogen) atoms. The van der Waals surface area contributed by atoms with Gasteiger partial charge in [-0.15, -0.1) is 0 Å². The van der Waals surface area contributed by atoms with E-state index in [1.54, 1.807) is 149 Å². The summed E-state index contributed by atoms with van der Waals surface area (Å²) >= 11 is 0. The van der Waals surface area contributed by atoms with Gasteiger partial charge in [-0.2, -0.15) is 79.0 Å². The maximum absolute atomic E-state index is 12.5. The molecule has 18 rings (SSSR count). The van der Waals surface area contributed by atoms with Crippen LogP contribution in [0.4, 0.5) is 79.0 Å². The smallest absolute Gasteiger partial charge is 0.869 e. The fraction of sp³-hybridized carbons (Fsp3) is 0.562. The summed E-state index contributed by atoms with van der Waals surface area (Å²) in [6.07, 6.45) is -16.1. The first-order valence-corrected chi connectivity index (χ1v) is 42.5. The van der Waals surface area contributed by atoms with Gasteiger partial charge >= 0.3 is 136 Å². The monoisotopic (exact) mass is 2150 g/mol. The minimum atomic E-state index is -4.94. The Kier molecular flexibility index (Phi) is 29.6. The van der Waals surface area contributed by atoms with Crippen LogP contribution in [-0.4, -0.2) is 91.7 Å². The van der Waals surface area contributed by atoms with Crippen LogP contribution in [0.5, 0.6) is 0 Å². The van der Waals surface area contributed by atoms with E-state index in [4.69, 9.17) is 0 Å². The van der Waals surface area contributed by atoms with E-state index in [2.05, 4.69) is 68.5 Å². The number of hydrogen-bond donors (Lipinski definition) is 0. The molecule has 716 valence electrons. The van der Waals surface area contributed by atoms with Crippen LogP contribution in [0.2, 0.25) is 0 Å². The van der Waals surface area contributed by atoms with Crippen molar-refractivity contribution < 1.29 is 237 Å². The first kappa shape index (κ1) is 109. The summed E-state index contributed by atoms with van der Waals surface area (Å²) in [5.41, 5.74) is -7.40. The van der Waals surface area contributed by atoms with Gasteiger partial charge in [0.15, 0.2) is 34.7 Å². The molecule has 12 atom stereocenters. The Balaban J connectivity index is 0.000000169. The van der Waals surface area contributed by atoms with E-state index in [0.717, 1.165) is 43.6 Å². The average molecular weight is 2150 g/mol. The number of aromatic nitrogens is 4. The average Bonchev–Trinajstić information content (AvgIpc) is 1.57. The Morgan fingerprint density at radius 1 is 0.242 bits per heavy atom. The second kappa shape index (κ2) is 35.9. The van der Waals surface area contributed by atoms with Gasteiger partial charge in [-0.1, -0.05) is 173 Å². The van der Waals surface area contributed by atoms with Gasteiger partial charge in [-0.25, -0.2) is 0 Å². The molecule has 0 aliphatic heterocycles. The molecule has 12 saturated carbocycles. The Bertz CT molecular complexity index is 5010. The fourth-order valence-electron chi connectivity index (χ4n) is 23.0. The zero-order valence-corrected chi connectivity index (χ0v) is 80.3. The van der Waals surface area contributed by atoms with E-state index in [-0.39, 0.29) is 98.8 Å². The maximum atomic E-state index is 12.5. The van der Waals surface area contributed by atoms with Gasteiger partial charge in [0, 0.05) is 78.8 Å². The summed E-state index contributed by atoms with van der Waals surface area (Å²) < 4.78 is 224. The van der Waals surface area contributed by atoms with Crippen molar-refractivity contribution in [2.24, 2.45) is 100 Å². The zero-order valence-electron chi connectivity index (χ0n) is 75.4. The molecule has 12 fully saturated rings. The number of carbonyl (C=O) groups excluding carboxylic acids is 6. The van der Waals surface area contributed by atoms with Crippen LogP contribution < -0.4 is 30.6 Å². The van der Waals surface area contributed by atoms with Gasteiger partial charge < -0.3 is 30.6 Å². The number of allylic oxidation sites excluding steroid dienone is 12. The molecule has 12 aliphatic carbocycles. The van der Waals surface area contributed by atoms with Crippen LogP contribution in [0.15, 0.2) is 166 Å². The molecule has 0 radical (unpaired) electrons. The van der Waals surface area contributed by atoms with Gasteiger partial charge in [0.1, 0.15) is 0 Å². The molecule has 36 heteroatoms. The maximum Gasteiger partial charge on any atom is 3.00 e. The Morgan fingerprint density at radius 2 is 0.364 bits per heavy atom. The van der Waals surface area contributed by atoms with Crippen molar-refractivity contribution in [3.63, 3.8) is 0 Å². The van der Waals surface area contributed by atoms with Crippen molar-refractivity contribution in [3.05, 3.63) is 166 Å². The molecule has 0 N–H and O–H groups in total. The van der Waals surface area contributed by atoms with E-state index in [0.29, 0.717) is 77.0 Å². The molecule has 0 unspecified atom stereocenters. The van der Waals surface area contributed by atoms with Crippen LogP contribution in [0.25, 0.3) is 43.6 Å². The van der Waals surface area contributed by atoms with Gasteiger partial charge in [-0.3, -0.25) is 48.7 Å². The van der Waals surface area contributed by atoms with Crippen molar-refractivity contribution >= 4 is 78.3 Å². The van der Waals surface area contributed by atoms with Crippen molar-refractivity contribution in [3.8, 4) is 0 Å². The molecular formula is C96H100Eu2F18N4O12. The van der Waals surface area contributed by atoms with E-state index in [9.17, 15) is 138 Å². The van der Waals surface area contributed by atoms with Crippen molar-refractivity contribution in [1.82, 2.24) is 19.9 Å². The number of pyridine rings is 4. The van der Waals surface area contributed by atoms with E-state index in [1.807, 2.05) is 24.3 Å². The quantitative estimate of drug-likeness (QED) is 0.0591. The van der Waals surface area contributed by atoms with E-state index >= 15 is 0 Å². The number of Topliss-reactive ketones (excluding diaryl/α,β-unsaturated/α-hetero) is 6. The predicted molar refractivity (Wildman–Crippen MR) is 430 cm³/mol. The minimum Gasteiger partial charge on any atom is -0.869 e. The summed E-state index contributed by atoms with van der Waals surface area (Å²) in [7, 11) is 0. The number of fused-ring (bicyclic) bond motifs is 18. The van der Waals surface area contributed by atoms with Crippen LogP contribution in [-0.2, 0) is 28.8 Å². The molecule has 0 amide bonds. The summed E-state index contributed by atoms with van der Waals surface area (Å²) in [6.45, 7) is 31.4. The number of rotatable bonds is 0. The Morgan fingerprint density at radius 3 is 0.462 bits per heavy atom. The first-order valence-electron chi connectivity index (χ1n) is 42.5. The van der Waals surface area contributed by atoms with Crippen molar-refractivity contribution in [1.29, 1.82) is 0 Å². The predicted octanol–water partition coefficient (Wildman–Crippen LogP) is 18.7. The van der Waals surface area contributed by atoms with Gasteiger partial charge in [0.2, 0.25) is 0 Å². The number of hydrogen-bond acceptors (Lipinski definition) is 16. The molecule has 0 saturated heterocycles. The zero-order chi connectivity index (χ0) is 98.1. The minimum absolute atomic E-state index is 0. The number of halogens is 18. The molecule has 6 aromatic rings. The molecule has 4 heterocycles. The molecule has 2 aromatic carbocycles. The summed E-state index contributed by atoms with van der Waals surface area (Å²) in [6, 6.07) is 24.3. The number of ketones is 6. The summed E-state index contributed by atoms with van der Waals surface area (Å²) in [5.74, 6) is -18.5. The SMILES string of the molecule is CC1(C)[C@@H]2CC[C@@]1(C)C(=O)/C2=C(\[O-])C(F)(F)F.CC1(C)[C@@H]2CC[C@@]1(C)C(=O)/C2=C(\[O-])C(F)(F)F.CC1(C)[C@@H]2CC[C@@]1(C)C(=O)/C2=C(\[O-])C(F)(F)F.CC1(C)[C@@H]2CC[C@@]1(C)C(=O)/C2=C(\[O-])C(F)(F)F.CC1(C)[C@@H]2CC[C@@]1(C)C(=O)/C2=C(\[O-])C(F)(F)F.CC1(C)[C@@H]2CC[C@@]1(C)C(=O)/C2=C(\[O-])C(F)(F)F.[Eu+3].[Eu+3].c1cnc2c(c1)ccc1cccnc12.c1cnc2c(c1)ccc1cccnc12. The molecule has 4 aromatic heterocycles.